The van der Waals surface area contributed by atoms with Crippen molar-refractivity contribution in [2.75, 3.05) is 19.3 Å². The van der Waals surface area contributed by atoms with Crippen molar-refractivity contribution in [1.82, 2.24) is 10.6 Å². The topological polar surface area (TPSA) is 41.1 Å². The van der Waals surface area contributed by atoms with Gasteiger partial charge >= 0.3 is 0 Å². The molecule has 3 nitrogen and oxygen atoms in total. The molecule has 0 aromatic heterocycles. The molecule has 1 amide bonds. The van der Waals surface area contributed by atoms with Gasteiger partial charge in [-0.2, -0.15) is 10.5 Å². The van der Waals surface area contributed by atoms with E-state index in [0.717, 1.165) is 13.0 Å². The summed E-state index contributed by atoms with van der Waals surface area (Å²) in [6, 6.07) is 8.18. The Labute approximate surface area is 118 Å². The van der Waals surface area contributed by atoms with E-state index in [2.05, 4.69) is 36.6 Å². The molecule has 0 saturated carbocycles. The summed E-state index contributed by atoms with van der Waals surface area (Å²) < 4.78 is 0. The fraction of sp³-hybridized carbons (Fsp3) is 0.467. The van der Waals surface area contributed by atoms with E-state index < -0.39 is 0 Å². The Balaban J connectivity index is 2.35. The van der Waals surface area contributed by atoms with Crippen LogP contribution in [0.15, 0.2) is 29.2 Å². The van der Waals surface area contributed by atoms with Crippen LogP contribution in [0.4, 0.5) is 0 Å². The minimum Gasteiger partial charge on any atom is -0.352 e. The standard InChI is InChI=1S/C15H24N2OS/c1-12(2)16-10-5-11-17-15(18)13-6-8-14(9-7-13)19(3)4/h6-9,12,16H,3,5,10-11H2,1-2,4H3,(H,17,18). The normalized spacial score (nSPS) is 12.4. The molecule has 0 fully saturated rings. The van der Waals surface area contributed by atoms with Crippen LogP contribution >= 0.6 is 10.5 Å². The molecule has 19 heavy (non-hydrogen) atoms. The van der Waals surface area contributed by atoms with Crippen molar-refractivity contribution in [2.24, 2.45) is 0 Å². The molecule has 1 aromatic rings. The number of carbonyl (C=O) groups is 1. The quantitative estimate of drug-likeness (QED) is 0.595. The van der Waals surface area contributed by atoms with Crippen LogP contribution in [0.1, 0.15) is 30.6 Å². The third-order valence-electron chi connectivity index (χ3n) is 2.71. The van der Waals surface area contributed by atoms with Gasteiger partial charge in [0.25, 0.3) is 5.91 Å². The SMILES string of the molecule is C=S(C)c1ccc(C(=O)NCCCNC(C)C)cc1. The molecule has 2 N–H and O–H groups in total. The zero-order chi connectivity index (χ0) is 14.3. The Hall–Kier alpha value is -1.13. The molecule has 1 atom stereocenters. The summed E-state index contributed by atoms with van der Waals surface area (Å²) in [6.45, 7) is 5.86. The van der Waals surface area contributed by atoms with Gasteiger partial charge in [-0.3, -0.25) is 4.79 Å². The van der Waals surface area contributed by atoms with E-state index in [-0.39, 0.29) is 16.4 Å². The minimum atomic E-state index is -0.00357. The summed E-state index contributed by atoms with van der Waals surface area (Å²) in [5, 5.41) is 6.25. The summed E-state index contributed by atoms with van der Waals surface area (Å²) in [5.41, 5.74) is 0.714. The molecule has 0 bridgehead atoms. The lowest BCUT2D eigenvalue weighted by Crippen LogP contribution is -2.29. The smallest absolute Gasteiger partial charge is 0.251 e. The third-order valence-corrected chi connectivity index (χ3v) is 3.79. The summed E-state index contributed by atoms with van der Waals surface area (Å²) in [5.74, 6) is 3.98. The van der Waals surface area contributed by atoms with E-state index in [1.54, 1.807) is 0 Å². The number of carbonyl (C=O) groups excluding carboxylic acids is 1. The Morgan fingerprint density at radius 1 is 1.26 bits per heavy atom. The van der Waals surface area contributed by atoms with Crippen LogP contribution in [0.25, 0.3) is 0 Å². The van der Waals surface area contributed by atoms with E-state index >= 15 is 0 Å². The Bertz CT molecular complexity index is 426. The molecule has 0 spiro atoms. The number of amides is 1. The van der Waals surface area contributed by atoms with E-state index in [1.165, 1.54) is 4.90 Å². The van der Waals surface area contributed by atoms with Crippen molar-refractivity contribution in [3.05, 3.63) is 29.8 Å². The zero-order valence-corrected chi connectivity index (χ0v) is 12.8. The van der Waals surface area contributed by atoms with Crippen LogP contribution in [0.2, 0.25) is 0 Å². The van der Waals surface area contributed by atoms with Gasteiger partial charge in [0.1, 0.15) is 0 Å². The second-order valence-electron chi connectivity index (χ2n) is 4.88. The van der Waals surface area contributed by atoms with Crippen LogP contribution in [0, 0.1) is 0 Å². The van der Waals surface area contributed by atoms with Gasteiger partial charge in [-0.1, -0.05) is 19.7 Å². The minimum absolute atomic E-state index is 0.00304. The lowest BCUT2D eigenvalue weighted by Gasteiger charge is -2.09. The molecule has 1 unspecified atom stereocenters. The fourth-order valence-corrected chi connectivity index (χ4v) is 2.22. The Kier molecular flexibility index (Phi) is 6.81. The van der Waals surface area contributed by atoms with Crippen LogP contribution in [-0.2, 0) is 0 Å². The maximum Gasteiger partial charge on any atom is 0.251 e. The molecule has 0 saturated heterocycles. The summed E-state index contributed by atoms with van der Waals surface area (Å²) in [6.07, 6.45) is 3.01. The van der Waals surface area contributed by atoms with E-state index in [4.69, 9.17) is 0 Å². The summed E-state index contributed by atoms with van der Waals surface area (Å²) in [7, 11) is -0.00304. The predicted molar refractivity (Wildman–Crippen MR) is 85.4 cm³/mol. The molecule has 0 aliphatic heterocycles. The van der Waals surface area contributed by atoms with Gasteiger partial charge in [-0.15, -0.1) is 0 Å². The Morgan fingerprint density at radius 3 is 2.42 bits per heavy atom. The van der Waals surface area contributed by atoms with Gasteiger partial charge in [-0.25, -0.2) is 0 Å². The molecule has 1 rings (SSSR count). The second-order valence-corrected chi connectivity index (χ2v) is 6.63. The number of hydrogen-bond donors (Lipinski definition) is 2. The number of hydrogen-bond acceptors (Lipinski definition) is 2. The molecular weight excluding hydrogens is 256 g/mol. The molecular formula is C15H24N2OS. The van der Waals surface area contributed by atoms with Crippen molar-refractivity contribution in [3.8, 4) is 0 Å². The number of rotatable bonds is 7. The third kappa shape index (κ3) is 6.03. The lowest BCUT2D eigenvalue weighted by molar-refractivity contribution is 0.0953. The highest BCUT2D eigenvalue weighted by Gasteiger charge is 2.04. The fourth-order valence-electron chi connectivity index (χ4n) is 1.62. The van der Waals surface area contributed by atoms with E-state index in [0.29, 0.717) is 18.2 Å². The van der Waals surface area contributed by atoms with Gasteiger partial charge in [0.15, 0.2) is 0 Å². The number of nitrogens with one attached hydrogen (secondary N) is 2. The van der Waals surface area contributed by atoms with Gasteiger partial charge in [0, 0.05) is 23.0 Å². The monoisotopic (exact) mass is 280 g/mol. The molecule has 106 valence electrons. The highest BCUT2D eigenvalue weighted by Crippen LogP contribution is 2.20. The van der Waals surface area contributed by atoms with Crippen molar-refractivity contribution in [3.63, 3.8) is 0 Å². The van der Waals surface area contributed by atoms with E-state index in [1.807, 2.05) is 24.3 Å². The first-order chi connectivity index (χ1) is 9.00. The maximum atomic E-state index is 11.9. The van der Waals surface area contributed by atoms with Crippen LogP contribution in [0.3, 0.4) is 0 Å². The summed E-state index contributed by atoms with van der Waals surface area (Å²) >= 11 is 0. The van der Waals surface area contributed by atoms with Gasteiger partial charge in [-0.05, 0) is 43.5 Å². The predicted octanol–water partition coefficient (Wildman–Crippen LogP) is 2.49. The lowest BCUT2D eigenvalue weighted by atomic mass is 10.2. The van der Waals surface area contributed by atoms with Crippen LogP contribution < -0.4 is 10.6 Å². The Morgan fingerprint density at radius 2 is 1.89 bits per heavy atom. The molecule has 0 aliphatic rings. The van der Waals surface area contributed by atoms with Crippen molar-refractivity contribution < 1.29 is 4.79 Å². The van der Waals surface area contributed by atoms with Crippen molar-refractivity contribution in [2.45, 2.75) is 31.2 Å². The summed E-state index contributed by atoms with van der Waals surface area (Å²) in [4.78, 5) is 13.1. The molecule has 0 aliphatic carbocycles. The largest absolute Gasteiger partial charge is 0.352 e. The second kappa shape index (κ2) is 8.12. The average molecular weight is 280 g/mol. The zero-order valence-electron chi connectivity index (χ0n) is 12.0. The molecule has 1 aromatic carbocycles. The van der Waals surface area contributed by atoms with Crippen LogP contribution in [0.5, 0.6) is 0 Å². The molecule has 0 radical (unpaired) electrons. The first-order valence-electron chi connectivity index (χ1n) is 6.58. The van der Waals surface area contributed by atoms with Crippen molar-refractivity contribution >= 4 is 22.3 Å². The highest BCUT2D eigenvalue weighted by molar-refractivity contribution is 8.13. The number of benzene rings is 1. The van der Waals surface area contributed by atoms with E-state index in [9.17, 15) is 4.79 Å². The van der Waals surface area contributed by atoms with Gasteiger partial charge in [0.05, 0.1) is 0 Å². The van der Waals surface area contributed by atoms with Crippen molar-refractivity contribution in [1.29, 1.82) is 0 Å². The molecule has 4 heteroatoms. The first-order valence-corrected chi connectivity index (χ1v) is 8.38. The highest BCUT2D eigenvalue weighted by atomic mass is 32.2. The van der Waals surface area contributed by atoms with Crippen LogP contribution in [-0.4, -0.2) is 37.2 Å². The first kappa shape index (κ1) is 15.9. The van der Waals surface area contributed by atoms with Gasteiger partial charge in [0.2, 0.25) is 0 Å². The maximum absolute atomic E-state index is 11.9. The molecule has 0 heterocycles. The van der Waals surface area contributed by atoms with Gasteiger partial charge < -0.3 is 10.6 Å². The average Bonchev–Trinajstić information content (AvgIpc) is 2.37.